The van der Waals surface area contributed by atoms with Crippen LogP contribution < -0.4 is 5.32 Å². The van der Waals surface area contributed by atoms with E-state index in [1.807, 2.05) is 24.3 Å². The summed E-state index contributed by atoms with van der Waals surface area (Å²) in [7, 11) is 0. The highest BCUT2D eigenvalue weighted by Crippen LogP contribution is 2.35. The number of ketones is 1. The van der Waals surface area contributed by atoms with Crippen molar-refractivity contribution in [2.24, 2.45) is 11.8 Å². The molecular formula is C27H24FNO4. The van der Waals surface area contributed by atoms with Crippen LogP contribution in [-0.2, 0) is 4.79 Å². The minimum atomic E-state index is -0.899. The summed E-state index contributed by atoms with van der Waals surface area (Å²) >= 11 is 0. The molecule has 4 rings (SSSR count). The average molecular weight is 445 g/mol. The molecule has 3 aromatic rings. The van der Waals surface area contributed by atoms with Gasteiger partial charge in [-0.1, -0.05) is 42.8 Å². The Balaban J connectivity index is 1.43. The molecule has 5 nitrogen and oxygen atoms in total. The van der Waals surface area contributed by atoms with Crippen molar-refractivity contribution in [3.05, 3.63) is 89.2 Å². The Bertz CT molecular complexity index is 1200. The van der Waals surface area contributed by atoms with E-state index in [1.54, 1.807) is 31.2 Å². The molecule has 1 amide bonds. The predicted octanol–water partition coefficient (Wildman–Crippen LogP) is 5.74. The number of aliphatic carboxylic acids is 1. The average Bonchev–Trinajstić information content (AvgIpc) is 3.31. The molecule has 0 aliphatic heterocycles. The summed E-state index contributed by atoms with van der Waals surface area (Å²) in [6.07, 6.45) is 1.92. The normalized spacial score (nSPS) is 17.5. The summed E-state index contributed by atoms with van der Waals surface area (Å²) in [5.41, 5.74) is 3.74. The van der Waals surface area contributed by atoms with E-state index in [1.165, 1.54) is 18.2 Å². The Morgan fingerprint density at radius 1 is 0.848 bits per heavy atom. The number of hydrogen-bond acceptors (Lipinski definition) is 3. The van der Waals surface area contributed by atoms with Crippen molar-refractivity contribution < 1.29 is 23.9 Å². The first kappa shape index (κ1) is 22.4. The molecule has 0 bridgehead atoms. The van der Waals surface area contributed by atoms with Crippen LogP contribution in [0.3, 0.4) is 0 Å². The van der Waals surface area contributed by atoms with Crippen LogP contribution in [0.2, 0.25) is 0 Å². The van der Waals surface area contributed by atoms with Crippen LogP contribution in [0.15, 0.2) is 66.7 Å². The molecule has 0 aromatic heterocycles. The number of rotatable bonds is 6. The number of benzene rings is 3. The number of carboxylic acids is 1. The molecule has 2 N–H and O–H groups in total. The second-order valence-electron chi connectivity index (χ2n) is 8.42. The minimum Gasteiger partial charge on any atom is -0.481 e. The molecule has 0 saturated heterocycles. The number of carbonyl (C=O) groups is 3. The molecule has 0 heterocycles. The molecule has 3 aromatic carbocycles. The lowest BCUT2D eigenvalue weighted by Crippen LogP contribution is -2.25. The summed E-state index contributed by atoms with van der Waals surface area (Å²) in [5, 5.41) is 12.1. The van der Waals surface area contributed by atoms with E-state index in [0.717, 1.165) is 17.5 Å². The van der Waals surface area contributed by atoms with Gasteiger partial charge in [0.2, 0.25) is 0 Å². The largest absolute Gasteiger partial charge is 0.481 e. The van der Waals surface area contributed by atoms with E-state index in [4.69, 9.17) is 0 Å². The van der Waals surface area contributed by atoms with Gasteiger partial charge >= 0.3 is 5.97 Å². The lowest BCUT2D eigenvalue weighted by Gasteiger charge is -2.14. The quantitative estimate of drug-likeness (QED) is 0.474. The van der Waals surface area contributed by atoms with Gasteiger partial charge in [-0.05, 0) is 66.8 Å². The van der Waals surface area contributed by atoms with Gasteiger partial charge in [0.25, 0.3) is 5.91 Å². The van der Waals surface area contributed by atoms with E-state index in [2.05, 4.69) is 5.32 Å². The van der Waals surface area contributed by atoms with Crippen molar-refractivity contribution in [1.29, 1.82) is 0 Å². The Labute approximate surface area is 191 Å². The number of halogens is 1. The third-order valence-electron chi connectivity index (χ3n) is 6.24. The Morgan fingerprint density at radius 2 is 1.42 bits per heavy atom. The molecular weight excluding hydrogens is 421 g/mol. The van der Waals surface area contributed by atoms with Crippen molar-refractivity contribution in [1.82, 2.24) is 0 Å². The smallest absolute Gasteiger partial charge is 0.307 e. The lowest BCUT2D eigenvalue weighted by atomic mass is 9.88. The monoisotopic (exact) mass is 445 g/mol. The fraction of sp³-hybridized carbons (Fsp3) is 0.222. The molecule has 1 saturated carbocycles. The molecule has 0 spiro atoms. The van der Waals surface area contributed by atoms with Gasteiger partial charge in [-0.25, -0.2) is 4.39 Å². The highest BCUT2D eigenvalue weighted by Gasteiger charge is 2.37. The summed E-state index contributed by atoms with van der Waals surface area (Å²) in [5.74, 6) is -2.74. The van der Waals surface area contributed by atoms with Crippen molar-refractivity contribution in [2.75, 3.05) is 5.32 Å². The lowest BCUT2D eigenvalue weighted by molar-refractivity contribution is -0.142. The maximum Gasteiger partial charge on any atom is 0.307 e. The van der Waals surface area contributed by atoms with E-state index in [9.17, 15) is 23.9 Å². The number of anilines is 1. The fourth-order valence-corrected chi connectivity index (χ4v) is 4.35. The molecule has 0 radical (unpaired) electrons. The zero-order valence-electron chi connectivity index (χ0n) is 18.2. The van der Waals surface area contributed by atoms with E-state index < -0.39 is 17.8 Å². The molecule has 168 valence electrons. The molecule has 1 aliphatic carbocycles. The van der Waals surface area contributed by atoms with Crippen LogP contribution in [0.5, 0.6) is 0 Å². The molecule has 33 heavy (non-hydrogen) atoms. The van der Waals surface area contributed by atoms with Crippen molar-refractivity contribution in [3.8, 4) is 11.1 Å². The third-order valence-corrected chi connectivity index (χ3v) is 6.24. The highest BCUT2D eigenvalue weighted by atomic mass is 19.1. The zero-order chi connectivity index (χ0) is 23.5. The van der Waals surface area contributed by atoms with Gasteiger partial charge in [0.1, 0.15) is 5.82 Å². The summed E-state index contributed by atoms with van der Waals surface area (Å²) in [4.78, 5) is 36.6. The van der Waals surface area contributed by atoms with E-state index in [-0.39, 0.29) is 17.5 Å². The minimum absolute atomic E-state index is 0.111. The second kappa shape index (κ2) is 9.36. The van der Waals surface area contributed by atoms with Crippen LogP contribution in [0.25, 0.3) is 11.1 Å². The maximum atomic E-state index is 13.4. The first-order valence-electron chi connectivity index (χ1n) is 10.9. The van der Waals surface area contributed by atoms with E-state index in [0.29, 0.717) is 35.2 Å². The van der Waals surface area contributed by atoms with Gasteiger partial charge in [-0.3, -0.25) is 14.4 Å². The standard InChI is InChI=1S/C27H24FNO4/c1-16-15-20(11-14-24(16)28)26(31)29-21-12-9-18(10-13-21)17-5-7-19(8-6-17)25(30)22-3-2-4-23(22)27(32)33/h5-15,22-23H,2-4H2,1H3,(H,29,31)(H,32,33). The van der Waals surface area contributed by atoms with Gasteiger partial charge in [0.05, 0.1) is 5.92 Å². The topological polar surface area (TPSA) is 83.5 Å². The van der Waals surface area contributed by atoms with Gasteiger partial charge in [-0.15, -0.1) is 0 Å². The number of Topliss-reactive ketones (excluding diaryl/α,β-unsaturated/α-hetero) is 1. The van der Waals surface area contributed by atoms with Gasteiger partial charge < -0.3 is 10.4 Å². The van der Waals surface area contributed by atoms with Crippen molar-refractivity contribution in [2.45, 2.75) is 26.2 Å². The Kier molecular flexibility index (Phi) is 6.36. The summed E-state index contributed by atoms with van der Waals surface area (Å²) < 4.78 is 13.4. The molecule has 1 aliphatic rings. The predicted molar refractivity (Wildman–Crippen MR) is 124 cm³/mol. The first-order chi connectivity index (χ1) is 15.8. The van der Waals surface area contributed by atoms with Crippen LogP contribution in [-0.4, -0.2) is 22.8 Å². The number of hydrogen-bond donors (Lipinski definition) is 2. The Morgan fingerprint density at radius 3 is 2.03 bits per heavy atom. The van der Waals surface area contributed by atoms with Crippen LogP contribution in [0.1, 0.15) is 45.5 Å². The first-order valence-corrected chi connectivity index (χ1v) is 10.9. The number of amides is 1. The summed E-state index contributed by atoms with van der Waals surface area (Å²) in [6.45, 7) is 1.61. The number of aryl methyl sites for hydroxylation is 1. The highest BCUT2D eigenvalue weighted by molar-refractivity contribution is 6.04. The van der Waals surface area contributed by atoms with E-state index >= 15 is 0 Å². The molecule has 6 heteroatoms. The van der Waals surface area contributed by atoms with Crippen LogP contribution in [0, 0.1) is 24.6 Å². The molecule has 2 atom stereocenters. The Hall–Kier alpha value is -3.80. The molecule has 2 unspecified atom stereocenters. The number of carbonyl (C=O) groups excluding carboxylic acids is 2. The van der Waals surface area contributed by atoms with Crippen LogP contribution >= 0.6 is 0 Å². The second-order valence-corrected chi connectivity index (χ2v) is 8.42. The van der Waals surface area contributed by atoms with Crippen molar-refractivity contribution in [3.63, 3.8) is 0 Å². The maximum absolute atomic E-state index is 13.4. The number of nitrogens with one attached hydrogen (secondary N) is 1. The SMILES string of the molecule is Cc1cc(C(=O)Nc2ccc(-c3ccc(C(=O)C4CCCC4C(=O)O)cc3)cc2)ccc1F. The zero-order valence-corrected chi connectivity index (χ0v) is 18.2. The van der Waals surface area contributed by atoms with Gasteiger partial charge in [-0.2, -0.15) is 0 Å². The van der Waals surface area contributed by atoms with Gasteiger partial charge in [0.15, 0.2) is 5.78 Å². The fourth-order valence-electron chi connectivity index (χ4n) is 4.35. The number of carboxylic acid groups (broad SMARTS) is 1. The van der Waals surface area contributed by atoms with Gasteiger partial charge in [0, 0.05) is 22.7 Å². The summed E-state index contributed by atoms with van der Waals surface area (Å²) in [6, 6.07) is 18.7. The van der Waals surface area contributed by atoms with Crippen molar-refractivity contribution >= 4 is 23.3 Å². The molecule has 1 fully saturated rings. The van der Waals surface area contributed by atoms with Crippen LogP contribution in [0.4, 0.5) is 10.1 Å². The third kappa shape index (κ3) is 4.85.